The molecule has 0 spiro atoms. The first kappa shape index (κ1) is 15.0. The van der Waals surface area contributed by atoms with E-state index in [1.807, 2.05) is 0 Å². The van der Waals surface area contributed by atoms with Crippen LogP contribution in [-0.2, 0) is 11.8 Å². The van der Waals surface area contributed by atoms with Crippen molar-refractivity contribution in [2.75, 3.05) is 6.61 Å². The Bertz CT molecular complexity index is 375. The van der Waals surface area contributed by atoms with Gasteiger partial charge in [-0.1, -0.05) is 39.8 Å². The molecular weight excluding hydrogens is 224 g/mol. The van der Waals surface area contributed by atoms with Gasteiger partial charge in [-0.2, -0.15) is 0 Å². The van der Waals surface area contributed by atoms with E-state index in [-0.39, 0.29) is 11.5 Å². The third-order valence-electron chi connectivity index (χ3n) is 3.05. The zero-order valence-corrected chi connectivity index (χ0v) is 12.3. The van der Waals surface area contributed by atoms with Gasteiger partial charge in [0.15, 0.2) is 0 Å². The Balaban J connectivity index is 2.89. The second kappa shape index (κ2) is 6.24. The van der Waals surface area contributed by atoms with Crippen molar-refractivity contribution >= 4 is 0 Å². The highest BCUT2D eigenvalue weighted by Gasteiger charge is 2.19. The van der Waals surface area contributed by atoms with Gasteiger partial charge in [0.05, 0.1) is 12.7 Å². The SMILES string of the molecule is CCc1ccc(OCCC(C)O)c(C(C)(C)C)c1. The third-order valence-corrected chi connectivity index (χ3v) is 3.05. The van der Waals surface area contributed by atoms with Gasteiger partial charge in [0.25, 0.3) is 0 Å². The van der Waals surface area contributed by atoms with E-state index in [1.54, 1.807) is 6.92 Å². The van der Waals surface area contributed by atoms with Gasteiger partial charge in [-0.05, 0) is 36.0 Å². The summed E-state index contributed by atoms with van der Waals surface area (Å²) in [6.07, 6.45) is 1.40. The first-order valence-corrected chi connectivity index (χ1v) is 6.79. The summed E-state index contributed by atoms with van der Waals surface area (Å²) in [5, 5.41) is 9.26. The fourth-order valence-corrected chi connectivity index (χ4v) is 1.85. The van der Waals surface area contributed by atoms with Gasteiger partial charge in [-0.15, -0.1) is 0 Å². The highest BCUT2D eigenvalue weighted by Crippen LogP contribution is 2.32. The van der Waals surface area contributed by atoms with Crippen LogP contribution in [0.1, 0.15) is 52.2 Å². The van der Waals surface area contributed by atoms with Gasteiger partial charge in [0, 0.05) is 6.42 Å². The van der Waals surface area contributed by atoms with Gasteiger partial charge in [-0.25, -0.2) is 0 Å². The summed E-state index contributed by atoms with van der Waals surface area (Å²) >= 11 is 0. The van der Waals surface area contributed by atoms with Crippen molar-refractivity contribution in [3.8, 4) is 5.75 Å². The molecule has 1 atom stereocenters. The summed E-state index contributed by atoms with van der Waals surface area (Å²) in [7, 11) is 0. The summed E-state index contributed by atoms with van der Waals surface area (Å²) in [6.45, 7) is 11.1. The fraction of sp³-hybridized carbons (Fsp3) is 0.625. The van der Waals surface area contributed by atoms with Gasteiger partial charge < -0.3 is 9.84 Å². The molecule has 1 unspecified atom stereocenters. The second-order valence-electron chi connectivity index (χ2n) is 5.92. The fourth-order valence-electron chi connectivity index (χ4n) is 1.85. The lowest BCUT2D eigenvalue weighted by molar-refractivity contribution is 0.155. The molecule has 0 fully saturated rings. The van der Waals surface area contributed by atoms with Crippen molar-refractivity contribution in [2.24, 2.45) is 0 Å². The van der Waals surface area contributed by atoms with Crippen LogP contribution in [-0.4, -0.2) is 17.8 Å². The van der Waals surface area contributed by atoms with E-state index in [2.05, 4.69) is 45.9 Å². The number of ether oxygens (including phenoxy) is 1. The highest BCUT2D eigenvalue weighted by molar-refractivity contribution is 5.41. The van der Waals surface area contributed by atoms with Gasteiger partial charge >= 0.3 is 0 Å². The molecule has 0 aliphatic heterocycles. The van der Waals surface area contributed by atoms with Gasteiger partial charge in [-0.3, -0.25) is 0 Å². The van der Waals surface area contributed by atoms with Crippen molar-refractivity contribution in [3.63, 3.8) is 0 Å². The molecule has 1 rings (SSSR count). The summed E-state index contributed by atoms with van der Waals surface area (Å²) in [6, 6.07) is 6.41. The molecular formula is C16H26O2. The highest BCUT2D eigenvalue weighted by atomic mass is 16.5. The third kappa shape index (κ3) is 4.34. The van der Waals surface area contributed by atoms with E-state index in [4.69, 9.17) is 4.74 Å². The van der Waals surface area contributed by atoms with Crippen LogP contribution in [0.2, 0.25) is 0 Å². The molecule has 0 bridgehead atoms. The van der Waals surface area contributed by atoms with Crippen LogP contribution in [0, 0.1) is 0 Å². The van der Waals surface area contributed by atoms with Crippen LogP contribution >= 0.6 is 0 Å². The number of benzene rings is 1. The molecule has 0 amide bonds. The Labute approximate surface area is 111 Å². The molecule has 0 aromatic heterocycles. The van der Waals surface area contributed by atoms with Gasteiger partial charge in [0.2, 0.25) is 0 Å². The van der Waals surface area contributed by atoms with Crippen LogP contribution < -0.4 is 4.74 Å². The van der Waals surface area contributed by atoms with Crippen LogP contribution in [0.3, 0.4) is 0 Å². The Hall–Kier alpha value is -1.02. The van der Waals surface area contributed by atoms with Crippen molar-refractivity contribution < 1.29 is 9.84 Å². The Kier molecular flexibility index (Phi) is 5.21. The van der Waals surface area contributed by atoms with Crippen molar-refractivity contribution in [2.45, 2.75) is 59.0 Å². The van der Waals surface area contributed by atoms with Gasteiger partial charge in [0.1, 0.15) is 5.75 Å². The van der Waals surface area contributed by atoms with Crippen molar-refractivity contribution in [1.29, 1.82) is 0 Å². The molecule has 0 saturated carbocycles. The average Bonchev–Trinajstić information content (AvgIpc) is 2.27. The van der Waals surface area contributed by atoms with Crippen LogP contribution in [0.4, 0.5) is 0 Å². The molecule has 0 saturated heterocycles. The van der Waals surface area contributed by atoms with E-state index >= 15 is 0 Å². The number of hydrogen-bond donors (Lipinski definition) is 1. The smallest absolute Gasteiger partial charge is 0.123 e. The number of aliphatic hydroxyl groups excluding tert-OH is 1. The zero-order chi connectivity index (χ0) is 13.8. The molecule has 1 N–H and O–H groups in total. The summed E-state index contributed by atoms with van der Waals surface area (Å²) in [4.78, 5) is 0. The standard InChI is InChI=1S/C16H26O2/c1-6-13-7-8-15(18-10-9-12(2)17)14(11-13)16(3,4)5/h7-8,11-12,17H,6,9-10H2,1-5H3. The molecule has 0 heterocycles. The van der Waals surface area contributed by atoms with Crippen molar-refractivity contribution in [3.05, 3.63) is 29.3 Å². The quantitative estimate of drug-likeness (QED) is 0.863. The van der Waals surface area contributed by atoms with E-state index in [0.717, 1.165) is 12.2 Å². The zero-order valence-electron chi connectivity index (χ0n) is 12.3. The molecule has 102 valence electrons. The normalized spacial score (nSPS) is 13.4. The van der Waals surface area contributed by atoms with Crippen molar-refractivity contribution in [1.82, 2.24) is 0 Å². The molecule has 2 heteroatoms. The van der Waals surface area contributed by atoms with E-state index in [9.17, 15) is 5.11 Å². The number of rotatable bonds is 5. The number of aryl methyl sites for hydroxylation is 1. The summed E-state index contributed by atoms with van der Waals surface area (Å²) < 4.78 is 5.81. The molecule has 1 aromatic rings. The lowest BCUT2D eigenvalue weighted by Gasteiger charge is -2.24. The van der Waals surface area contributed by atoms with E-state index in [0.29, 0.717) is 13.0 Å². The van der Waals surface area contributed by atoms with Crippen LogP contribution in [0.25, 0.3) is 0 Å². The monoisotopic (exact) mass is 250 g/mol. The second-order valence-corrected chi connectivity index (χ2v) is 5.92. The topological polar surface area (TPSA) is 29.5 Å². The predicted octanol–water partition coefficient (Wildman–Crippen LogP) is 3.70. The number of hydrogen-bond acceptors (Lipinski definition) is 2. The number of aliphatic hydroxyl groups is 1. The molecule has 2 nitrogen and oxygen atoms in total. The Morgan fingerprint density at radius 3 is 2.44 bits per heavy atom. The first-order chi connectivity index (χ1) is 8.34. The minimum Gasteiger partial charge on any atom is -0.493 e. The lowest BCUT2D eigenvalue weighted by atomic mass is 9.85. The molecule has 0 aliphatic rings. The molecule has 1 aromatic carbocycles. The Morgan fingerprint density at radius 2 is 1.94 bits per heavy atom. The molecule has 18 heavy (non-hydrogen) atoms. The maximum Gasteiger partial charge on any atom is 0.123 e. The molecule has 0 aliphatic carbocycles. The minimum absolute atomic E-state index is 0.0747. The van der Waals surface area contributed by atoms with E-state index in [1.165, 1.54) is 11.1 Å². The maximum absolute atomic E-state index is 9.26. The summed E-state index contributed by atoms with van der Waals surface area (Å²) in [5.41, 5.74) is 2.65. The average molecular weight is 250 g/mol. The summed E-state index contributed by atoms with van der Waals surface area (Å²) in [5.74, 6) is 0.945. The van der Waals surface area contributed by atoms with Crippen LogP contribution in [0.5, 0.6) is 5.75 Å². The Morgan fingerprint density at radius 1 is 1.28 bits per heavy atom. The molecule has 0 radical (unpaired) electrons. The predicted molar refractivity (Wildman–Crippen MR) is 76.3 cm³/mol. The lowest BCUT2D eigenvalue weighted by Crippen LogP contribution is -2.15. The van der Waals surface area contributed by atoms with Crippen LogP contribution in [0.15, 0.2) is 18.2 Å². The maximum atomic E-state index is 9.26. The van der Waals surface area contributed by atoms with E-state index < -0.39 is 0 Å². The largest absolute Gasteiger partial charge is 0.493 e. The minimum atomic E-state index is -0.307. The first-order valence-electron chi connectivity index (χ1n) is 6.79.